The van der Waals surface area contributed by atoms with E-state index < -0.39 is 0 Å². The molecule has 2 aromatic carbocycles. The number of carbonyl (C=O) groups is 2. The quantitative estimate of drug-likeness (QED) is 0.272. The first kappa shape index (κ1) is 28.7. The number of unbranched alkanes of at least 4 members (excludes halogenated alkanes) is 1. The van der Waals surface area contributed by atoms with Gasteiger partial charge in [-0.3, -0.25) is 9.78 Å². The van der Waals surface area contributed by atoms with Gasteiger partial charge >= 0.3 is 6.03 Å². The normalized spacial score (nSPS) is 10.7. The largest absolute Gasteiger partial charge is 0.491 e. The van der Waals surface area contributed by atoms with E-state index in [1.807, 2.05) is 33.2 Å². The lowest BCUT2D eigenvalue weighted by molar-refractivity contribution is 0.0957. The zero-order valence-electron chi connectivity index (χ0n) is 22.1. The van der Waals surface area contributed by atoms with E-state index in [1.165, 1.54) is 6.20 Å². The predicted octanol–water partition coefficient (Wildman–Crippen LogP) is 5.24. The lowest BCUT2D eigenvalue weighted by atomic mass is 10.2. The van der Waals surface area contributed by atoms with Gasteiger partial charge in [-0.2, -0.15) is 0 Å². The molecule has 0 atom stereocenters. The monoisotopic (exact) mass is 539 g/mol. The van der Waals surface area contributed by atoms with Crippen molar-refractivity contribution in [2.75, 3.05) is 39.6 Å². The molecule has 0 aliphatic rings. The number of nitrogens with zero attached hydrogens (tertiary/aromatic N) is 2. The molecular weight excluding hydrogens is 506 g/mol. The topological polar surface area (TPSA) is 105 Å². The Bertz CT molecular complexity index is 1230. The molecule has 1 aromatic heterocycles. The van der Waals surface area contributed by atoms with Crippen molar-refractivity contribution in [1.82, 2.24) is 20.5 Å². The summed E-state index contributed by atoms with van der Waals surface area (Å²) in [7, 11) is 5.62. The van der Waals surface area contributed by atoms with Crippen LogP contribution >= 0.6 is 11.6 Å². The van der Waals surface area contributed by atoms with Crippen LogP contribution in [0.25, 0.3) is 0 Å². The highest BCUT2D eigenvalue weighted by molar-refractivity contribution is 6.31. The maximum atomic E-state index is 12.6. The molecule has 202 valence electrons. The Balaban J connectivity index is 1.53. The molecular formula is C28H34ClN5O4. The molecule has 3 amide bonds. The van der Waals surface area contributed by atoms with Gasteiger partial charge in [-0.15, -0.1) is 0 Å². The summed E-state index contributed by atoms with van der Waals surface area (Å²) in [6.45, 7) is 3.71. The van der Waals surface area contributed by atoms with E-state index in [2.05, 4.69) is 25.8 Å². The second kappa shape index (κ2) is 14.2. The molecule has 0 bridgehead atoms. The van der Waals surface area contributed by atoms with Crippen LogP contribution in [0.5, 0.6) is 17.2 Å². The number of amides is 3. The van der Waals surface area contributed by atoms with Crippen molar-refractivity contribution < 1.29 is 19.1 Å². The van der Waals surface area contributed by atoms with Crippen LogP contribution in [-0.4, -0.2) is 56.1 Å². The fraction of sp³-hybridized carbons (Fsp3) is 0.321. The van der Waals surface area contributed by atoms with Crippen LogP contribution in [0, 0.1) is 6.92 Å². The number of hydrogen-bond donors (Lipinski definition) is 3. The van der Waals surface area contributed by atoms with E-state index >= 15 is 0 Å². The maximum absolute atomic E-state index is 12.6. The summed E-state index contributed by atoms with van der Waals surface area (Å²) < 4.78 is 11.7. The van der Waals surface area contributed by atoms with Crippen molar-refractivity contribution in [3.8, 4) is 17.2 Å². The molecule has 1 heterocycles. The van der Waals surface area contributed by atoms with E-state index in [1.54, 1.807) is 43.4 Å². The molecule has 9 nitrogen and oxygen atoms in total. The highest BCUT2D eigenvalue weighted by atomic mass is 35.5. The molecule has 0 saturated heterocycles. The number of benzene rings is 2. The summed E-state index contributed by atoms with van der Waals surface area (Å²) in [4.78, 5) is 30.5. The number of aromatic nitrogens is 1. The molecule has 38 heavy (non-hydrogen) atoms. The van der Waals surface area contributed by atoms with Gasteiger partial charge in [0.15, 0.2) is 0 Å². The van der Waals surface area contributed by atoms with Gasteiger partial charge in [0.2, 0.25) is 0 Å². The number of ether oxygens (including phenoxy) is 2. The number of nitrogens with one attached hydrogen (secondary N) is 3. The Morgan fingerprint density at radius 3 is 2.50 bits per heavy atom. The lowest BCUT2D eigenvalue weighted by Crippen LogP contribution is -2.28. The third kappa shape index (κ3) is 8.93. The minimum absolute atomic E-state index is 0.269. The van der Waals surface area contributed by atoms with Crippen molar-refractivity contribution in [2.24, 2.45) is 0 Å². The second-order valence-corrected chi connectivity index (χ2v) is 9.37. The van der Waals surface area contributed by atoms with Gasteiger partial charge in [-0.1, -0.05) is 23.7 Å². The zero-order chi connectivity index (χ0) is 27.5. The van der Waals surface area contributed by atoms with Crippen molar-refractivity contribution in [3.05, 3.63) is 76.6 Å². The summed E-state index contributed by atoms with van der Waals surface area (Å²) in [5.41, 5.74) is 2.56. The molecule has 0 fully saturated rings. The molecule has 0 aliphatic heterocycles. The Morgan fingerprint density at radius 2 is 1.79 bits per heavy atom. The molecule has 10 heteroatoms. The molecule has 0 aliphatic carbocycles. The number of hydrogen-bond acceptors (Lipinski definition) is 6. The Hall–Kier alpha value is -3.82. The average molecular weight is 540 g/mol. The Morgan fingerprint density at radius 1 is 1.03 bits per heavy atom. The summed E-state index contributed by atoms with van der Waals surface area (Å²) >= 11 is 6.29. The third-order valence-corrected chi connectivity index (χ3v) is 5.98. The van der Waals surface area contributed by atoms with Gasteiger partial charge < -0.3 is 30.3 Å². The van der Waals surface area contributed by atoms with Crippen LogP contribution < -0.4 is 25.4 Å². The number of urea groups is 1. The van der Waals surface area contributed by atoms with Gasteiger partial charge in [0.1, 0.15) is 22.9 Å². The highest BCUT2D eigenvalue weighted by Crippen LogP contribution is 2.31. The van der Waals surface area contributed by atoms with Crippen LogP contribution in [0.4, 0.5) is 10.5 Å². The zero-order valence-corrected chi connectivity index (χ0v) is 22.9. The third-order valence-electron chi connectivity index (χ3n) is 5.57. The fourth-order valence-electron chi connectivity index (χ4n) is 3.48. The number of rotatable bonds is 12. The lowest BCUT2D eigenvalue weighted by Gasteiger charge is -2.15. The summed E-state index contributed by atoms with van der Waals surface area (Å²) in [6, 6.07) is 13.7. The number of anilines is 1. The number of pyridine rings is 1. The summed E-state index contributed by atoms with van der Waals surface area (Å²) in [5.74, 6) is 1.34. The van der Waals surface area contributed by atoms with Crippen LogP contribution in [0.1, 0.15) is 34.5 Å². The van der Waals surface area contributed by atoms with E-state index in [0.717, 1.165) is 30.5 Å². The predicted molar refractivity (Wildman–Crippen MR) is 149 cm³/mol. The number of aryl methyl sites for hydroxylation is 1. The number of carbonyl (C=O) groups excluding carboxylic acids is 2. The SMILES string of the molecule is CNC(=O)c1cc(Oc2ccc(CNC(=O)Nc3cc(C)c(Cl)cc3OCCCCN(C)C)cc2)ccn1. The van der Waals surface area contributed by atoms with E-state index in [0.29, 0.717) is 41.1 Å². The smallest absolute Gasteiger partial charge is 0.319 e. The highest BCUT2D eigenvalue weighted by Gasteiger charge is 2.12. The maximum Gasteiger partial charge on any atom is 0.319 e. The van der Waals surface area contributed by atoms with Gasteiger partial charge in [-0.05, 0) is 75.8 Å². The van der Waals surface area contributed by atoms with Gasteiger partial charge in [0.05, 0.1) is 12.3 Å². The van der Waals surface area contributed by atoms with Crippen molar-refractivity contribution in [1.29, 1.82) is 0 Å². The fourth-order valence-corrected chi connectivity index (χ4v) is 3.63. The molecule has 3 aromatic rings. The first-order valence-corrected chi connectivity index (χ1v) is 12.7. The van der Waals surface area contributed by atoms with Crippen molar-refractivity contribution >= 4 is 29.2 Å². The summed E-state index contributed by atoms with van der Waals surface area (Å²) in [5, 5.41) is 8.84. The Kier molecular flexibility index (Phi) is 10.7. The first-order chi connectivity index (χ1) is 18.2. The first-order valence-electron chi connectivity index (χ1n) is 12.3. The van der Waals surface area contributed by atoms with Crippen LogP contribution in [0.15, 0.2) is 54.7 Å². The van der Waals surface area contributed by atoms with Gasteiger partial charge in [-0.25, -0.2) is 4.79 Å². The molecule has 3 rings (SSSR count). The van der Waals surface area contributed by atoms with E-state index in [-0.39, 0.29) is 17.6 Å². The summed E-state index contributed by atoms with van der Waals surface area (Å²) in [6.07, 6.45) is 3.42. The van der Waals surface area contributed by atoms with Gasteiger partial charge in [0.25, 0.3) is 5.91 Å². The molecule has 3 N–H and O–H groups in total. The minimum atomic E-state index is -0.358. The van der Waals surface area contributed by atoms with E-state index in [4.69, 9.17) is 21.1 Å². The van der Waals surface area contributed by atoms with Crippen molar-refractivity contribution in [3.63, 3.8) is 0 Å². The average Bonchev–Trinajstić information content (AvgIpc) is 2.90. The van der Waals surface area contributed by atoms with E-state index in [9.17, 15) is 9.59 Å². The number of halogens is 1. The second-order valence-electron chi connectivity index (χ2n) is 8.97. The molecule has 0 unspecified atom stereocenters. The Labute approximate surface area is 228 Å². The minimum Gasteiger partial charge on any atom is -0.491 e. The molecule has 0 radical (unpaired) electrons. The van der Waals surface area contributed by atoms with Crippen LogP contribution in [0.3, 0.4) is 0 Å². The van der Waals surface area contributed by atoms with Gasteiger partial charge in [0, 0.05) is 36.9 Å². The van der Waals surface area contributed by atoms with Crippen LogP contribution in [-0.2, 0) is 6.54 Å². The molecule has 0 spiro atoms. The van der Waals surface area contributed by atoms with Crippen molar-refractivity contribution in [2.45, 2.75) is 26.3 Å². The molecule has 0 saturated carbocycles. The van der Waals surface area contributed by atoms with Crippen LogP contribution in [0.2, 0.25) is 5.02 Å². The standard InChI is InChI=1S/C28H34ClN5O4/c1-19-15-24(26(17-23(19)29)37-14-6-5-13-34(3)4)33-28(36)32-18-20-7-9-21(10-8-20)38-22-11-12-31-25(16-22)27(35)30-2/h7-12,15-17H,5-6,13-14,18H2,1-4H3,(H,30,35)(H2,32,33,36).